The Labute approximate surface area is 105 Å². The molecule has 0 saturated carbocycles. The van der Waals surface area contributed by atoms with Crippen LogP contribution in [0, 0.1) is 6.92 Å². The molecule has 1 aromatic rings. The summed E-state index contributed by atoms with van der Waals surface area (Å²) in [6.45, 7) is 14.2. The number of likely N-dealkylation sites (N-methyl/N-ethyl adjacent to an activating group) is 1. The van der Waals surface area contributed by atoms with Crippen molar-refractivity contribution in [3.05, 3.63) is 17.5 Å². The third-order valence-electron chi connectivity index (χ3n) is 3.38. The van der Waals surface area contributed by atoms with Crippen LogP contribution in [0.1, 0.15) is 39.1 Å². The second kappa shape index (κ2) is 5.65. The smallest absolute Gasteiger partial charge is 0.0597 e. The van der Waals surface area contributed by atoms with Crippen LogP contribution in [0.3, 0.4) is 0 Å². The minimum atomic E-state index is 0.0332. The lowest BCUT2D eigenvalue weighted by Gasteiger charge is -2.37. The maximum atomic E-state index is 5.85. The van der Waals surface area contributed by atoms with E-state index in [4.69, 9.17) is 5.73 Å². The van der Waals surface area contributed by atoms with Crippen LogP contribution in [0.25, 0.3) is 0 Å². The summed E-state index contributed by atoms with van der Waals surface area (Å²) in [7, 11) is 0. The Kier molecular flexibility index (Phi) is 4.71. The number of aryl methyl sites for hydroxylation is 2. The van der Waals surface area contributed by atoms with E-state index in [1.807, 2.05) is 6.92 Å². The van der Waals surface area contributed by atoms with Gasteiger partial charge in [0, 0.05) is 25.2 Å². The SMILES string of the molecule is CCN(Cc1cc(C)nn1CC)C(C)(C)CN. The molecule has 0 saturated heterocycles. The van der Waals surface area contributed by atoms with E-state index in [0.29, 0.717) is 6.54 Å². The lowest BCUT2D eigenvalue weighted by Crippen LogP contribution is -2.48. The largest absolute Gasteiger partial charge is 0.329 e. The topological polar surface area (TPSA) is 47.1 Å². The molecule has 0 bridgehead atoms. The van der Waals surface area contributed by atoms with Gasteiger partial charge in [-0.15, -0.1) is 0 Å². The quantitative estimate of drug-likeness (QED) is 0.821. The first-order valence-electron chi connectivity index (χ1n) is 6.43. The number of aromatic nitrogens is 2. The van der Waals surface area contributed by atoms with Crippen molar-refractivity contribution in [2.24, 2.45) is 5.73 Å². The number of hydrogen-bond donors (Lipinski definition) is 1. The molecular weight excluding hydrogens is 212 g/mol. The third kappa shape index (κ3) is 3.30. The minimum Gasteiger partial charge on any atom is -0.329 e. The van der Waals surface area contributed by atoms with Gasteiger partial charge in [-0.2, -0.15) is 5.10 Å². The molecule has 0 aliphatic carbocycles. The molecule has 1 rings (SSSR count). The van der Waals surface area contributed by atoms with Crippen LogP contribution in [-0.4, -0.2) is 33.3 Å². The van der Waals surface area contributed by atoms with Gasteiger partial charge in [0.1, 0.15) is 0 Å². The standard InChI is InChI=1S/C13H26N4/c1-6-16(13(4,5)10-14)9-12-8-11(3)15-17(12)7-2/h8H,6-7,9-10,14H2,1-5H3. The fourth-order valence-electron chi connectivity index (χ4n) is 2.08. The highest BCUT2D eigenvalue weighted by molar-refractivity contribution is 5.09. The molecule has 0 aliphatic heterocycles. The molecule has 1 heterocycles. The number of nitrogens with two attached hydrogens (primary N) is 1. The van der Waals surface area contributed by atoms with E-state index in [0.717, 1.165) is 25.3 Å². The average Bonchev–Trinajstić information content (AvgIpc) is 2.66. The van der Waals surface area contributed by atoms with Crippen LogP contribution in [0.15, 0.2) is 6.07 Å². The number of rotatable bonds is 6. The first-order valence-corrected chi connectivity index (χ1v) is 6.43. The van der Waals surface area contributed by atoms with Crippen molar-refractivity contribution in [3.8, 4) is 0 Å². The van der Waals surface area contributed by atoms with Gasteiger partial charge in [0.2, 0.25) is 0 Å². The van der Waals surface area contributed by atoms with Gasteiger partial charge >= 0.3 is 0 Å². The van der Waals surface area contributed by atoms with E-state index in [2.05, 4.69) is 48.4 Å². The van der Waals surface area contributed by atoms with E-state index in [1.165, 1.54) is 5.69 Å². The first kappa shape index (κ1) is 14.2. The lowest BCUT2D eigenvalue weighted by molar-refractivity contribution is 0.122. The van der Waals surface area contributed by atoms with Crippen molar-refractivity contribution in [2.45, 2.75) is 53.2 Å². The zero-order valence-corrected chi connectivity index (χ0v) is 11.8. The zero-order valence-electron chi connectivity index (χ0n) is 11.8. The van der Waals surface area contributed by atoms with Gasteiger partial charge in [-0.1, -0.05) is 6.92 Å². The molecule has 98 valence electrons. The van der Waals surface area contributed by atoms with E-state index in [-0.39, 0.29) is 5.54 Å². The van der Waals surface area contributed by atoms with Gasteiger partial charge < -0.3 is 5.73 Å². The summed E-state index contributed by atoms with van der Waals surface area (Å²) in [6.07, 6.45) is 0. The molecule has 4 nitrogen and oxygen atoms in total. The normalized spacial score (nSPS) is 12.4. The molecule has 0 fully saturated rings. The van der Waals surface area contributed by atoms with Crippen molar-refractivity contribution in [3.63, 3.8) is 0 Å². The molecule has 0 aromatic carbocycles. The highest BCUT2D eigenvalue weighted by atomic mass is 15.3. The molecule has 1 aromatic heterocycles. The summed E-state index contributed by atoms with van der Waals surface area (Å²) in [5.74, 6) is 0. The van der Waals surface area contributed by atoms with Crippen LogP contribution in [0.2, 0.25) is 0 Å². The van der Waals surface area contributed by atoms with E-state index >= 15 is 0 Å². The molecule has 4 heteroatoms. The molecule has 0 spiro atoms. The number of hydrogen-bond acceptors (Lipinski definition) is 3. The Balaban J connectivity index is 2.87. The van der Waals surface area contributed by atoms with Gasteiger partial charge in [0.05, 0.1) is 11.4 Å². The van der Waals surface area contributed by atoms with Crippen LogP contribution in [0.4, 0.5) is 0 Å². The molecule has 0 radical (unpaired) electrons. The van der Waals surface area contributed by atoms with Gasteiger partial charge in [-0.25, -0.2) is 0 Å². The van der Waals surface area contributed by atoms with Crippen molar-refractivity contribution in [1.82, 2.24) is 14.7 Å². The van der Waals surface area contributed by atoms with Crippen molar-refractivity contribution < 1.29 is 0 Å². The van der Waals surface area contributed by atoms with E-state index < -0.39 is 0 Å². The Hall–Kier alpha value is -0.870. The average molecular weight is 238 g/mol. The maximum Gasteiger partial charge on any atom is 0.0597 e. The van der Waals surface area contributed by atoms with E-state index in [1.54, 1.807) is 0 Å². The zero-order chi connectivity index (χ0) is 13.1. The fourth-order valence-corrected chi connectivity index (χ4v) is 2.08. The monoisotopic (exact) mass is 238 g/mol. The molecule has 17 heavy (non-hydrogen) atoms. The van der Waals surface area contributed by atoms with Gasteiger partial charge in [-0.3, -0.25) is 9.58 Å². The minimum absolute atomic E-state index is 0.0332. The third-order valence-corrected chi connectivity index (χ3v) is 3.38. The van der Waals surface area contributed by atoms with Crippen LogP contribution in [-0.2, 0) is 13.1 Å². The predicted molar refractivity (Wildman–Crippen MR) is 71.9 cm³/mol. The number of nitrogens with zero attached hydrogens (tertiary/aromatic N) is 3. The lowest BCUT2D eigenvalue weighted by atomic mass is 10.0. The Morgan fingerprint density at radius 2 is 2.06 bits per heavy atom. The van der Waals surface area contributed by atoms with Gasteiger partial charge in [0.25, 0.3) is 0 Å². The van der Waals surface area contributed by atoms with Crippen molar-refractivity contribution in [1.29, 1.82) is 0 Å². The highest BCUT2D eigenvalue weighted by Crippen LogP contribution is 2.17. The second-order valence-corrected chi connectivity index (χ2v) is 5.12. The molecule has 0 aliphatic rings. The Morgan fingerprint density at radius 1 is 1.41 bits per heavy atom. The van der Waals surface area contributed by atoms with Crippen LogP contribution >= 0.6 is 0 Å². The Bertz CT molecular complexity index is 354. The summed E-state index contributed by atoms with van der Waals surface area (Å²) in [5.41, 5.74) is 8.24. The molecule has 2 N–H and O–H groups in total. The van der Waals surface area contributed by atoms with Gasteiger partial charge in [0.15, 0.2) is 0 Å². The summed E-state index contributed by atoms with van der Waals surface area (Å²) in [5, 5.41) is 4.48. The summed E-state index contributed by atoms with van der Waals surface area (Å²) >= 11 is 0. The summed E-state index contributed by atoms with van der Waals surface area (Å²) in [4.78, 5) is 2.40. The molecular formula is C13H26N4. The summed E-state index contributed by atoms with van der Waals surface area (Å²) < 4.78 is 2.07. The van der Waals surface area contributed by atoms with E-state index in [9.17, 15) is 0 Å². The fraction of sp³-hybridized carbons (Fsp3) is 0.769. The first-order chi connectivity index (χ1) is 7.94. The van der Waals surface area contributed by atoms with Crippen molar-refractivity contribution in [2.75, 3.05) is 13.1 Å². The Morgan fingerprint density at radius 3 is 2.53 bits per heavy atom. The molecule has 0 atom stereocenters. The van der Waals surface area contributed by atoms with Crippen LogP contribution in [0.5, 0.6) is 0 Å². The highest BCUT2D eigenvalue weighted by Gasteiger charge is 2.24. The summed E-state index contributed by atoms with van der Waals surface area (Å²) in [6, 6.07) is 2.17. The molecule has 0 amide bonds. The van der Waals surface area contributed by atoms with Crippen LogP contribution < -0.4 is 5.73 Å². The maximum absolute atomic E-state index is 5.85. The van der Waals surface area contributed by atoms with Crippen molar-refractivity contribution >= 4 is 0 Å². The predicted octanol–water partition coefficient (Wildman–Crippen LogP) is 1.77. The second-order valence-electron chi connectivity index (χ2n) is 5.12. The molecule has 0 unspecified atom stereocenters. The van der Waals surface area contributed by atoms with Gasteiger partial charge in [-0.05, 0) is 40.3 Å².